The third-order valence-electron chi connectivity index (χ3n) is 7.13. The van der Waals surface area contributed by atoms with Crippen LogP contribution in [-0.2, 0) is 0 Å². The number of carbonyl (C=O) groups excluding carboxylic acids is 1. The normalized spacial score (nSPS) is 14.6. The second-order valence-electron chi connectivity index (χ2n) is 9.85. The molecule has 1 unspecified atom stereocenters. The maximum atomic E-state index is 13.6. The number of anilines is 1. The number of hydrogen-bond donors (Lipinski definition) is 0. The second-order valence-corrected chi connectivity index (χ2v) is 9.85. The van der Waals surface area contributed by atoms with Crippen LogP contribution in [0.5, 0.6) is 0 Å². The standard InChI is InChI=1S/C28H30FN7O3/c1-4-5-18(2)25-30-26(24-19(3)32-35(27(24)31-25)22-12-8-21(29)9-13-22)33-14-16-34(17-15-33)28(37)20-6-10-23(11-7-20)36(38)39/h6-13,18H,4-5,14-17H2,1-3H3. The zero-order valence-corrected chi connectivity index (χ0v) is 22.2. The molecule has 1 atom stereocenters. The number of nitrogens with zero attached hydrogens (tertiary/aromatic N) is 7. The monoisotopic (exact) mass is 531 g/mol. The van der Waals surface area contributed by atoms with Crippen LogP contribution < -0.4 is 4.90 Å². The van der Waals surface area contributed by atoms with Gasteiger partial charge in [0.2, 0.25) is 0 Å². The predicted molar refractivity (Wildman–Crippen MR) is 146 cm³/mol. The summed E-state index contributed by atoms with van der Waals surface area (Å²) in [6.45, 7) is 8.24. The summed E-state index contributed by atoms with van der Waals surface area (Å²) in [7, 11) is 0. The highest BCUT2D eigenvalue weighted by molar-refractivity contribution is 5.95. The molecule has 0 spiro atoms. The van der Waals surface area contributed by atoms with Crippen LogP contribution in [0.2, 0.25) is 0 Å². The van der Waals surface area contributed by atoms with Gasteiger partial charge in [0.25, 0.3) is 11.6 Å². The number of nitro benzene ring substituents is 1. The lowest BCUT2D eigenvalue weighted by molar-refractivity contribution is -0.384. The Labute approximate surface area is 225 Å². The Hall–Kier alpha value is -4.41. The summed E-state index contributed by atoms with van der Waals surface area (Å²) < 4.78 is 15.4. The van der Waals surface area contributed by atoms with Gasteiger partial charge in [-0.2, -0.15) is 5.10 Å². The first kappa shape index (κ1) is 26.2. The average molecular weight is 532 g/mol. The van der Waals surface area contributed by atoms with Crippen LogP contribution in [0.3, 0.4) is 0 Å². The highest BCUT2D eigenvalue weighted by atomic mass is 19.1. The van der Waals surface area contributed by atoms with E-state index in [2.05, 4.69) is 18.7 Å². The number of halogens is 1. The lowest BCUT2D eigenvalue weighted by Gasteiger charge is -2.36. The van der Waals surface area contributed by atoms with Gasteiger partial charge in [-0.05, 0) is 49.7 Å². The number of benzene rings is 2. The molecule has 3 heterocycles. The van der Waals surface area contributed by atoms with Gasteiger partial charge in [-0.15, -0.1) is 0 Å². The number of hydrogen-bond acceptors (Lipinski definition) is 7. The summed E-state index contributed by atoms with van der Waals surface area (Å²) in [5, 5.41) is 16.5. The fourth-order valence-electron chi connectivity index (χ4n) is 4.98. The average Bonchev–Trinajstić information content (AvgIpc) is 3.29. The zero-order valence-electron chi connectivity index (χ0n) is 22.2. The summed E-state index contributed by atoms with van der Waals surface area (Å²) in [5.41, 5.74) is 2.53. The molecule has 1 amide bonds. The number of aryl methyl sites for hydroxylation is 1. The molecule has 0 N–H and O–H groups in total. The van der Waals surface area contributed by atoms with E-state index in [4.69, 9.17) is 15.1 Å². The van der Waals surface area contributed by atoms with Crippen molar-refractivity contribution in [2.24, 2.45) is 0 Å². The summed E-state index contributed by atoms with van der Waals surface area (Å²) in [5.74, 6) is 1.17. The van der Waals surface area contributed by atoms with E-state index < -0.39 is 4.92 Å². The number of nitro groups is 1. The molecule has 4 aromatic rings. The Kier molecular flexibility index (Phi) is 7.23. The van der Waals surface area contributed by atoms with Crippen LogP contribution in [0.25, 0.3) is 16.7 Å². The SMILES string of the molecule is CCCC(C)c1nc(N2CCN(C(=O)c3ccc([N+](=O)[O-])cc3)CC2)c2c(C)nn(-c3ccc(F)cc3)c2n1. The van der Waals surface area contributed by atoms with Crippen molar-refractivity contribution in [2.45, 2.75) is 39.5 Å². The highest BCUT2D eigenvalue weighted by Gasteiger charge is 2.28. The lowest BCUT2D eigenvalue weighted by atomic mass is 10.1. The van der Waals surface area contributed by atoms with Crippen LogP contribution in [-0.4, -0.2) is 61.7 Å². The number of fused-ring (bicyclic) bond motifs is 1. The zero-order chi connectivity index (χ0) is 27.7. The van der Waals surface area contributed by atoms with Crippen molar-refractivity contribution in [1.29, 1.82) is 0 Å². The van der Waals surface area contributed by atoms with Gasteiger partial charge < -0.3 is 9.80 Å². The molecule has 2 aromatic heterocycles. The molecule has 0 bridgehead atoms. The van der Waals surface area contributed by atoms with E-state index in [1.165, 1.54) is 36.4 Å². The highest BCUT2D eigenvalue weighted by Crippen LogP contribution is 2.32. The first-order chi connectivity index (χ1) is 18.8. The van der Waals surface area contributed by atoms with Crippen molar-refractivity contribution < 1.29 is 14.1 Å². The van der Waals surface area contributed by atoms with Gasteiger partial charge in [0.1, 0.15) is 17.5 Å². The molecular formula is C28H30FN7O3. The summed E-state index contributed by atoms with van der Waals surface area (Å²) >= 11 is 0. The molecule has 10 nitrogen and oxygen atoms in total. The van der Waals surface area contributed by atoms with E-state index in [0.717, 1.165) is 35.6 Å². The molecule has 1 fully saturated rings. The topological polar surface area (TPSA) is 110 Å². The van der Waals surface area contributed by atoms with Gasteiger partial charge >= 0.3 is 0 Å². The van der Waals surface area contributed by atoms with Crippen molar-refractivity contribution in [3.05, 3.63) is 81.5 Å². The van der Waals surface area contributed by atoms with Gasteiger partial charge in [-0.1, -0.05) is 20.3 Å². The summed E-state index contributed by atoms with van der Waals surface area (Å²) in [4.78, 5) is 37.4. The van der Waals surface area contributed by atoms with E-state index >= 15 is 0 Å². The first-order valence-corrected chi connectivity index (χ1v) is 13.1. The predicted octanol–water partition coefficient (Wildman–Crippen LogP) is 5.04. The molecule has 0 radical (unpaired) electrons. The van der Waals surface area contributed by atoms with E-state index in [9.17, 15) is 19.3 Å². The minimum Gasteiger partial charge on any atom is -0.352 e. The van der Waals surface area contributed by atoms with Crippen LogP contribution in [0.4, 0.5) is 15.9 Å². The molecule has 0 saturated carbocycles. The smallest absolute Gasteiger partial charge is 0.269 e. The van der Waals surface area contributed by atoms with E-state index in [1.54, 1.807) is 21.7 Å². The Morgan fingerprint density at radius 2 is 1.72 bits per heavy atom. The maximum absolute atomic E-state index is 13.6. The van der Waals surface area contributed by atoms with Gasteiger partial charge in [0.05, 0.1) is 21.7 Å². The van der Waals surface area contributed by atoms with Crippen LogP contribution in [0, 0.1) is 22.9 Å². The number of non-ortho nitro benzene ring substituents is 1. The molecule has 202 valence electrons. The quantitative estimate of drug-likeness (QED) is 0.243. The second kappa shape index (κ2) is 10.8. The van der Waals surface area contributed by atoms with Crippen molar-refractivity contribution in [1.82, 2.24) is 24.6 Å². The van der Waals surface area contributed by atoms with Crippen molar-refractivity contribution in [3.63, 3.8) is 0 Å². The minimum absolute atomic E-state index is 0.0474. The van der Waals surface area contributed by atoms with Crippen LogP contribution >= 0.6 is 0 Å². The molecule has 5 rings (SSSR count). The number of carbonyl (C=O) groups is 1. The van der Waals surface area contributed by atoms with Crippen molar-refractivity contribution >= 4 is 28.4 Å². The van der Waals surface area contributed by atoms with Crippen LogP contribution in [0.1, 0.15) is 54.5 Å². The van der Waals surface area contributed by atoms with Crippen LogP contribution in [0.15, 0.2) is 48.5 Å². The number of amides is 1. The van der Waals surface area contributed by atoms with E-state index in [-0.39, 0.29) is 23.3 Å². The maximum Gasteiger partial charge on any atom is 0.269 e. The Morgan fingerprint density at radius 3 is 2.33 bits per heavy atom. The molecule has 39 heavy (non-hydrogen) atoms. The molecule has 2 aromatic carbocycles. The van der Waals surface area contributed by atoms with E-state index in [1.807, 2.05) is 6.92 Å². The van der Waals surface area contributed by atoms with Gasteiger partial charge in [-0.25, -0.2) is 19.0 Å². The fraction of sp³-hybridized carbons (Fsp3) is 0.357. The van der Waals surface area contributed by atoms with Crippen molar-refractivity contribution in [3.8, 4) is 5.69 Å². The molecule has 1 aliphatic rings. The molecule has 1 aliphatic heterocycles. The fourth-order valence-corrected chi connectivity index (χ4v) is 4.98. The molecule has 1 saturated heterocycles. The van der Waals surface area contributed by atoms with Gasteiger partial charge in [0.15, 0.2) is 5.65 Å². The molecule has 0 aliphatic carbocycles. The summed E-state index contributed by atoms with van der Waals surface area (Å²) in [6.07, 6.45) is 1.93. The molecule has 11 heteroatoms. The number of aromatic nitrogens is 4. The largest absolute Gasteiger partial charge is 0.352 e. The van der Waals surface area contributed by atoms with Gasteiger partial charge in [-0.3, -0.25) is 14.9 Å². The Morgan fingerprint density at radius 1 is 1.05 bits per heavy atom. The first-order valence-electron chi connectivity index (χ1n) is 13.1. The Bertz CT molecular complexity index is 1510. The lowest BCUT2D eigenvalue weighted by Crippen LogP contribution is -2.49. The number of rotatable bonds is 7. The van der Waals surface area contributed by atoms with Crippen molar-refractivity contribution in [2.75, 3.05) is 31.1 Å². The van der Waals surface area contributed by atoms with E-state index in [0.29, 0.717) is 43.1 Å². The third-order valence-corrected chi connectivity index (χ3v) is 7.13. The van der Waals surface area contributed by atoms with Gasteiger partial charge in [0, 0.05) is 49.8 Å². The molecular weight excluding hydrogens is 501 g/mol. The third kappa shape index (κ3) is 5.16. The summed E-state index contributed by atoms with van der Waals surface area (Å²) in [6, 6.07) is 11.9. The Balaban J connectivity index is 1.46. The minimum atomic E-state index is -0.481. The number of piperazine rings is 1.